The van der Waals surface area contributed by atoms with Crippen LogP contribution in [0.4, 0.5) is 5.95 Å². The fraction of sp³-hybridized carbons (Fsp3) is 0.294. The average molecular weight is 321 g/mol. The molecule has 122 valence electrons. The number of rotatable bonds is 3. The predicted molar refractivity (Wildman–Crippen MR) is 93.8 cm³/mol. The summed E-state index contributed by atoms with van der Waals surface area (Å²) in [4.78, 5) is 20.7. The maximum absolute atomic E-state index is 4.56. The highest BCUT2D eigenvalue weighted by Gasteiger charge is 2.13. The lowest BCUT2D eigenvalue weighted by Gasteiger charge is -2.18. The van der Waals surface area contributed by atoms with Crippen LogP contribution in [0.3, 0.4) is 0 Å². The van der Waals surface area contributed by atoms with Gasteiger partial charge in [-0.3, -0.25) is 4.40 Å². The number of hydrogen-bond donors (Lipinski definition) is 2. The number of fused-ring (bicyclic) bond motifs is 2. The zero-order valence-electron chi connectivity index (χ0n) is 13.9. The van der Waals surface area contributed by atoms with E-state index in [4.69, 9.17) is 0 Å². The summed E-state index contributed by atoms with van der Waals surface area (Å²) in [6, 6.07) is 0. The Labute approximate surface area is 139 Å². The quantitative estimate of drug-likeness (QED) is 0.605. The van der Waals surface area contributed by atoms with Crippen LogP contribution in [-0.2, 0) is 0 Å². The third-order valence-electron chi connectivity index (χ3n) is 3.77. The van der Waals surface area contributed by atoms with Crippen molar-refractivity contribution in [1.82, 2.24) is 29.3 Å². The number of hydrogen-bond acceptors (Lipinski definition) is 5. The molecule has 0 unspecified atom stereocenters. The maximum atomic E-state index is 4.56. The van der Waals surface area contributed by atoms with E-state index < -0.39 is 0 Å². The van der Waals surface area contributed by atoms with Gasteiger partial charge in [0.2, 0.25) is 11.7 Å². The van der Waals surface area contributed by atoms with Crippen LogP contribution in [-0.4, -0.2) is 35.9 Å². The van der Waals surface area contributed by atoms with Gasteiger partial charge in [0.1, 0.15) is 5.65 Å². The normalized spacial score (nSPS) is 12.1. The molecule has 7 heteroatoms. The maximum Gasteiger partial charge on any atom is 0.233 e. The highest BCUT2D eigenvalue weighted by molar-refractivity contribution is 5.93. The van der Waals surface area contributed by atoms with E-state index in [2.05, 4.69) is 51.0 Å². The molecule has 0 bridgehead atoms. The van der Waals surface area contributed by atoms with Gasteiger partial charge in [0.05, 0.1) is 0 Å². The Morgan fingerprint density at radius 2 is 2.04 bits per heavy atom. The van der Waals surface area contributed by atoms with Gasteiger partial charge in [-0.05, 0) is 5.41 Å². The molecule has 0 aliphatic carbocycles. The summed E-state index contributed by atoms with van der Waals surface area (Å²) in [5.74, 6) is 1.32. The van der Waals surface area contributed by atoms with Gasteiger partial charge in [-0.25, -0.2) is 15.0 Å². The molecule has 4 rings (SSSR count). The monoisotopic (exact) mass is 321 g/mol. The topological polar surface area (TPSA) is 83.8 Å². The summed E-state index contributed by atoms with van der Waals surface area (Å²) in [7, 11) is 0. The van der Waals surface area contributed by atoms with Gasteiger partial charge in [-0.1, -0.05) is 20.8 Å². The summed E-state index contributed by atoms with van der Waals surface area (Å²) in [6.07, 6.45) is 11.2. The smallest absolute Gasteiger partial charge is 0.233 e. The Bertz CT molecular complexity index is 1010. The number of nitrogens with one attached hydrogen (secondary N) is 2. The molecule has 24 heavy (non-hydrogen) atoms. The zero-order valence-corrected chi connectivity index (χ0v) is 13.9. The second kappa shape index (κ2) is 5.30. The van der Waals surface area contributed by atoms with Crippen molar-refractivity contribution in [2.24, 2.45) is 5.41 Å². The molecule has 0 radical (unpaired) electrons. The fourth-order valence-electron chi connectivity index (χ4n) is 2.53. The molecule has 4 aromatic rings. The third-order valence-corrected chi connectivity index (χ3v) is 3.77. The van der Waals surface area contributed by atoms with Crippen LogP contribution in [0.25, 0.3) is 27.9 Å². The van der Waals surface area contributed by atoms with E-state index in [-0.39, 0.29) is 5.41 Å². The Balaban J connectivity index is 1.69. The minimum absolute atomic E-state index is 0.172. The first-order chi connectivity index (χ1) is 11.5. The van der Waals surface area contributed by atoms with Crippen LogP contribution in [0.15, 0.2) is 37.2 Å². The van der Waals surface area contributed by atoms with Gasteiger partial charge in [0, 0.05) is 60.2 Å². The fourth-order valence-corrected chi connectivity index (χ4v) is 2.53. The van der Waals surface area contributed by atoms with E-state index in [9.17, 15) is 0 Å². The first-order valence-corrected chi connectivity index (χ1v) is 7.87. The van der Waals surface area contributed by atoms with Crippen molar-refractivity contribution in [2.45, 2.75) is 20.8 Å². The van der Waals surface area contributed by atoms with E-state index in [0.29, 0.717) is 11.7 Å². The molecule has 4 heterocycles. The third kappa shape index (κ3) is 2.68. The molecule has 0 fully saturated rings. The highest BCUT2D eigenvalue weighted by atomic mass is 15.1. The molecule has 0 aliphatic rings. The average Bonchev–Trinajstić information content (AvgIpc) is 3.17. The molecular weight excluding hydrogens is 302 g/mol. The SMILES string of the molecule is CC(C)(C)CNc1ncc2c(-c3cnc4nccn4c3)c[nH]c2n1. The lowest BCUT2D eigenvalue weighted by molar-refractivity contribution is 0.442. The van der Waals surface area contributed by atoms with Crippen LogP contribution in [0.2, 0.25) is 0 Å². The molecular formula is C17H19N7. The highest BCUT2D eigenvalue weighted by Crippen LogP contribution is 2.27. The van der Waals surface area contributed by atoms with E-state index in [1.165, 1.54) is 0 Å². The van der Waals surface area contributed by atoms with Crippen molar-refractivity contribution < 1.29 is 0 Å². The second-order valence-electron chi connectivity index (χ2n) is 7.05. The van der Waals surface area contributed by atoms with Crippen molar-refractivity contribution in [3.63, 3.8) is 0 Å². The van der Waals surface area contributed by atoms with Crippen molar-refractivity contribution in [3.8, 4) is 11.1 Å². The van der Waals surface area contributed by atoms with Gasteiger partial charge < -0.3 is 10.3 Å². The van der Waals surface area contributed by atoms with Crippen molar-refractivity contribution in [3.05, 3.63) is 37.2 Å². The Hall–Kier alpha value is -2.96. The first kappa shape index (κ1) is 14.6. The Kier molecular flexibility index (Phi) is 3.23. The van der Waals surface area contributed by atoms with Gasteiger partial charge in [0.15, 0.2) is 0 Å². The molecule has 0 aromatic carbocycles. The number of H-pyrrole nitrogens is 1. The molecule has 4 aromatic heterocycles. The molecule has 0 amide bonds. The van der Waals surface area contributed by atoms with Gasteiger partial charge >= 0.3 is 0 Å². The summed E-state index contributed by atoms with van der Waals surface area (Å²) >= 11 is 0. The van der Waals surface area contributed by atoms with Crippen LogP contribution in [0.5, 0.6) is 0 Å². The van der Waals surface area contributed by atoms with Gasteiger partial charge in [-0.15, -0.1) is 0 Å². The van der Waals surface area contributed by atoms with E-state index in [0.717, 1.165) is 28.7 Å². The van der Waals surface area contributed by atoms with E-state index >= 15 is 0 Å². The lowest BCUT2D eigenvalue weighted by atomic mass is 9.97. The molecule has 0 saturated heterocycles. The largest absolute Gasteiger partial charge is 0.354 e. The van der Waals surface area contributed by atoms with Crippen molar-refractivity contribution >= 4 is 22.8 Å². The lowest BCUT2D eigenvalue weighted by Crippen LogP contribution is -2.20. The predicted octanol–water partition coefficient (Wildman–Crippen LogP) is 3.13. The molecule has 2 N–H and O–H groups in total. The summed E-state index contributed by atoms with van der Waals surface area (Å²) in [6.45, 7) is 7.33. The number of anilines is 1. The number of imidazole rings is 1. The Morgan fingerprint density at radius 1 is 1.17 bits per heavy atom. The van der Waals surface area contributed by atoms with Crippen LogP contribution >= 0.6 is 0 Å². The minimum Gasteiger partial charge on any atom is -0.354 e. The Morgan fingerprint density at radius 3 is 2.88 bits per heavy atom. The standard InChI is InChI=1S/C17H19N7/c1-17(2,3)10-22-15-20-8-13-12(7-19-14(13)23-15)11-6-21-16-18-4-5-24(16)9-11/h4-9H,10H2,1-3H3,(H2,19,20,22,23). The number of aromatic nitrogens is 6. The van der Waals surface area contributed by atoms with Crippen molar-refractivity contribution in [1.29, 1.82) is 0 Å². The van der Waals surface area contributed by atoms with Gasteiger partial charge in [0.25, 0.3) is 0 Å². The molecule has 0 saturated carbocycles. The number of aromatic amines is 1. The zero-order chi connectivity index (χ0) is 16.7. The van der Waals surface area contributed by atoms with Crippen LogP contribution < -0.4 is 5.32 Å². The van der Waals surface area contributed by atoms with Gasteiger partial charge in [-0.2, -0.15) is 4.98 Å². The first-order valence-electron chi connectivity index (χ1n) is 7.87. The number of nitrogens with zero attached hydrogens (tertiary/aromatic N) is 5. The summed E-state index contributed by atoms with van der Waals surface area (Å²) < 4.78 is 1.90. The van der Waals surface area contributed by atoms with Crippen LogP contribution in [0.1, 0.15) is 20.8 Å². The minimum atomic E-state index is 0.172. The second-order valence-corrected chi connectivity index (χ2v) is 7.05. The van der Waals surface area contributed by atoms with E-state index in [1.807, 2.05) is 35.4 Å². The summed E-state index contributed by atoms with van der Waals surface area (Å²) in [5, 5.41) is 4.25. The molecule has 0 atom stereocenters. The molecule has 0 spiro atoms. The molecule has 7 nitrogen and oxygen atoms in total. The van der Waals surface area contributed by atoms with E-state index in [1.54, 1.807) is 6.20 Å². The van der Waals surface area contributed by atoms with Crippen LogP contribution in [0, 0.1) is 5.41 Å². The molecule has 0 aliphatic heterocycles. The van der Waals surface area contributed by atoms with Crippen molar-refractivity contribution in [2.75, 3.05) is 11.9 Å². The summed E-state index contributed by atoms with van der Waals surface area (Å²) in [5.41, 5.74) is 2.99.